The second kappa shape index (κ2) is 6.31. The molecule has 0 saturated heterocycles. The molecule has 1 aromatic carbocycles. The fourth-order valence-corrected chi connectivity index (χ4v) is 3.78. The van der Waals surface area contributed by atoms with Crippen molar-refractivity contribution >= 4 is 23.3 Å². The third kappa shape index (κ3) is 3.31. The van der Waals surface area contributed by atoms with E-state index in [1.807, 2.05) is 7.05 Å². The van der Waals surface area contributed by atoms with Crippen LogP contribution in [0.25, 0.3) is 0 Å². The summed E-state index contributed by atoms with van der Waals surface area (Å²) in [6, 6.07) is 9.00. The van der Waals surface area contributed by atoms with Gasteiger partial charge in [-0.3, -0.25) is 0 Å². The van der Waals surface area contributed by atoms with Crippen molar-refractivity contribution in [3.05, 3.63) is 41.7 Å². The fourth-order valence-electron chi connectivity index (χ4n) is 1.89. The van der Waals surface area contributed by atoms with Crippen molar-refractivity contribution in [2.45, 2.75) is 29.5 Å². The quantitative estimate of drug-likeness (QED) is 0.852. The summed E-state index contributed by atoms with van der Waals surface area (Å²) in [5.41, 5.74) is 2.60. The third-order valence-electron chi connectivity index (χ3n) is 2.84. The van der Waals surface area contributed by atoms with E-state index in [1.165, 1.54) is 22.7 Å². The van der Waals surface area contributed by atoms with E-state index in [-0.39, 0.29) is 0 Å². The van der Waals surface area contributed by atoms with Crippen LogP contribution < -0.4 is 5.32 Å². The summed E-state index contributed by atoms with van der Waals surface area (Å²) < 4.78 is 5.06. The average Bonchev–Trinajstić information content (AvgIpc) is 2.85. The van der Waals surface area contributed by atoms with Crippen LogP contribution in [0.5, 0.6) is 0 Å². The molecule has 0 saturated carbocycles. The van der Waals surface area contributed by atoms with Gasteiger partial charge in [0.05, 0.1) is 0 Å². The van der Waals surface area contributed by atoms with Crippen LogP contribution in [-0.2, 0) is 0 Å². The van der Waals surface area contributed by atoms with Gasteiger partial charge in [0.25, 0.3) is 0 Å². The molecule has 0 spiro atoms. The predicted octanol–water partition coefficient (Wildman–Crippen LogP) is 3.29. The van der Waals surface area contributed by atoms with E-state index in [9.17, 15) is 0 Å². The van der Waals surface area contributed by atoms with Gasteiger partial charge < -0.3 is 5.32 Å². The lowest BCUT2D eigenvalue weighted by Crippen LogP contribution is -2.25. The predicted molar refractivity (Wildman–Crippen MR) is 78.2 cm³/mol. The molecule has 18 heavy (non-hydrogen) atoms. The molecular weight excluding hydrogens is 262 g/mol. The van der Waals surface area contributed by atoms with Crippen molar-refractivity contribution in [3.63, 3.8) is 0 Å². The fraction of sp³-hybridized carbons (Fsp3) is 0.385. The van der Waals surface area contributed by atoms with Crippen LogP contribution in [0.1, 0.15) is 24.1 Å². The number of hydrogen-bond acceptors (Lipinski definition) is 5. The number of aryl methyl sites for hydroxylation is 1. The van der Waals surface area contributed by atoms with Gasteiger partial charge in [0.2, 0.25) is 0 Å². The Labute approximate surface area is 116 Å². The summed E-state index contributed by atoms with van der Waals surface area (Å²) >= 11 is 3.22. The number of rotatable bonds is 5. The maximum absolute atomic E-state index is 4.22. The van der Waals surface area contributed by atoms with Gasteiger partial charge in [-0.15, -0.1) is 0 Å². The zero-order valence-electron chi connectivity index (χ0n) is 10.8. The van der Waals surface area contributed by atoms with E-state index in [1.54, 1.807) is 18.1 Å². The van der Waals surface area contributed by atoms with Gasteiger partial charge in [-0.2, -0.15) is 4.37 Å². The van der Waals surface area contributed by atoms with Crippen molar-refractivity contribution in [1.82, 2.24) is 14.7 Å². The van der Waals surface area contributed by atoms with Crippen molar-refractivity contribution in [2.24, 2.45) is 0 Å². The molecule has 2 aromatic rings. The summed E-state index contributed by atoms with van der Waals surface area (Å²) in [6.07, 6.45) is 1.61. The molecule has 0 aliphatic carbocycles. The lowest BCUT2D eigenvalue weighted by Gasteiger charge is -2.22. The van der Waals surface area contributed by atoms with Crippen molar-refractivity contribution < 1.29 is 0 Å². The van der Waals surface area contributed by atoms with Crippen LogP contribution in [0.2, 0.25) is 0 Å². The molecule has 0 bridgehead atoms. The number of nitrogens with zero attached hydrogens (tertiary/aromatic N) is 2. The topological polar surface area (TPSA) is 37.8 Å². The molecule has 2 rings (SSSR count). The summed E-state index contributed by atoms with van der Waals surface area (Å²) in [6.45, 7) is 4.32. The zero-order valence-corrected chi connectivity index (χ0v) is 12.4. The van der Waals surface area contributed by atoms with Crippen LogP contribution in [0.15, 0.2) is 34.9 Å². The molecule has 1 heterocycles. The first kappa shape index (κ1) is 13.5. The van der Waals surface area contributed by atoms with Gasteiger partial charge in [-0.1, -0.05) is 48.5 Å². The lowest BCUT2D eigenvalue weighted by atomic mass is 10.0. The van der Waals surface area contributed by atoms with Crippen LogP contribution in [-0.4, -0.2) is 21.7 Å². The van der Waals surface area contributed by atoms with Gasteiger partial charge in [0.15, 0.2) is 4.34 Å². The first-order valence-electron chi connectivity index (χ1n) is 5.88. The highest BCUT2D eigenvalue weighted by molar-refractivity contribution is 8.01. The Morgan fingerprint density at radius 2 is 2.00 bits per heavy atom. The summed E-state index contributed by atoms with van der Waals surface area (Å²) in [5, 5.41) is 3.79. The van der Waals surface area contributed by atoms with Crippen molar-refractivity contribution in [1.29, 1.82) is 0 Å². The minimum atomic E-state index is 0.319. The van der Waals surface area contributed by atoms with Gasteiger partial charge >= 0.3 is 0 Å². The zero-order chi connectivity index (χ0) is 13.0. The Hall–Kier alpha value is -0.910. The minimum absolute atomic E-state index is 0.319. The lowest BCUT2D eigenvalue weighted by molar-refractivity contribution is 0.589. The summed E-state index contributed by atoms with van der Waals surface area (Å²) in [5.74, 6) is 0. The monoisotopic (exact) mass is 279 g/mol. The molecule has 0 aliphatic rings. The maximum atomic E-state index is 4.22. The third-order valence-corrected chi connectivity index (χ3v) is 4.77. The van der Waals surface area contributed by atoms with Crippen LogP contribution in [0, 0.1) is 6.92 Å². The SMILES string of the molecule is CNC(c1ccc(C)cc1)C(C)Sc1ncns1. The van der Waals surface area contributed by atoms with Gasteiger partial charge in [0.1, 0.15) is 6.33 Å². The Morgan fingerprint density at radius 1 is 1.28 bits per heavy atom. The van der Waals surface area contributed by atoms with Gasteiger partial charge in [0, 0.05) is 11.3 Å². The molecule has 3 nitrogen and oxygen atoms in total. The highest BCUT2D eigenvalue weighted by Gasteiger charge is 2.19. The molecule has 2 unspecified atom stereocenters. The van der Waals surface area contributed by atoms with Gasteiger partial charge in [-0.25, -0.2) is 4.98 Å². The van der Waals surface area contributed by atoms with E-state index < -0.39 is 0 Å². The average molecular weight is 279 g/mol. The van der Waals surface area contributed by atoms with Crippen LogP contribution in [0.3, 0.4) is 0 Å². The van der Waals surface area contributed by atoms with E-state index in [4.69, 9.17) is 0 Å². The summed E-state index contributed by atoms with van der Waals surface area (Å²) in [4.78, 5) is 4.22. The van der Waals surface area contributed by atoms with E-state index in [2.05, 4.69) is 52.8 Å². The smallest absolute Gasteiger partial charge is 0.170 e. The Kier molecular flexibility index (Phi) is 4.74. The Morgan fingerprint density at radius 3 is 2.56 bits per heavy atom. The Bertz CT molecular complexity index is 467. The number of hydrogen-bond donors (Lipinski definition) is 1. The molecule has 1 N–H and O–H groups in total. The maximum Gasteiger partial charge on any atom is 0.170 e. The molecule has 2 atom stereocenters. The highest BCUT2D eigenvalue weighted by atomic mass is 32.2. The Balaban J connectivity index is 2.10. The standard InChI is InChI=1S/C13H17N3S2/c1-9-4-6-11(7-5-9)12(14-3)10(2)17-13-15-8-16-18-13/h4-8,10,12,14H,1-3H3. The molecule has 0 aliphatic heterocycles. The number of benzene rings is 1. The van der Waals surface area contributed by atoms with Crippen molar-refractivity contribution in [2.75, 3.05) is 7.05 Å². The highest BCUT2D eigenvalue weighted by Crippen LogP contribution is 2.32. The number of thioether (sulfide) groups is 1. The normalized spacial score (nSPS) is 14.4. The first-order chi connectivity index (χ1) is 8.70. The molecule has 0 amide bonds. The molecule has 0 fully saturated rings. The number of nitrogens with one attached hydrogen (secondary N) is 1. The first-order valence-corrected chi connectivity index (χ1v) is 7.53. The van der Waals surface area contributed by atoms with E-state index in [0.29, 0.717) is 11.3 Å². The van der Waals surface area contributed by atoms with E-state index in [0.717, 1.165) is 4.34 Å². The largest absolute Gasteiger partial charge is 0.312 e. The van der Waals surface area contributed by atoms with Crippen LogP contribution in [0.4, 0.5) is 0 Å². The van der Waals surface area contributed by atoms with Crippen molar-refractivity contribution in [3.8, 4) is 0 Å². The second-order valence-electron chi connectivity index (χ2n) is 4.21. The molecule has 5 heteroatoms. The number of aromatic nitrogens is 2. The summed E-state index contributed by atoms with van der Waals surface area (Å²) in [7, 11) is 2.00. The van der Waals surface area contributed by atoms with Crippen LogP contribution >= 0.6 is 23.3 Å². The second-order valence-corrected chi connectivity index (χ2v) is 6.61. The van der Waals surface area contributed by atoms with Gasteiger partial charge in [-0.05, 0) is 31.1 Å². The molecule has 1 aromatic heterocycles. The molecule has 96 valence electrons. The molecule has 0 radical (unpaired) electrons. The molecular formula is C13H17N3S2. The van der Waals surface area contributed by atoms with E-state index >= 15 is 0 Å². The minimum Gasteiger partial charge on any atom is -0.312 e.